The Bertz CT molecular complexity index is 282. The van der Waals surface area contributed by atoms with Crippen molar-refractivity contribution in [1.82, 2.24) is 0 Å². The van der Waals surface area contributed by atoms with Crippen LogP contribution in [0.5, 0.6) is 5.75 Å². The summed E-state index contributed by atoms with van der Waals surface area (Å²) < 4.78 is 10.6. The maximum Gasteiger partial charge on any atom is 0.119 e. The maximum atomic E-state index is 5.46. The minimum Gasteiger partial charge on any atom is -0.491 e. The molecule has 0 heterocycles. The van der Waals surface area contributed by atoms with Crippen LogP contribution in [-0.2, 0) is 4.74 Å². The average molecular weight is 227 g/mol. The molecule has 2 nitrogen and oxygen atoms in total. The summed E-state index contributed by atoms with van der Waals surface area (Å²) in [6.45, 7) is 5.36. The molecule has 1 aromatic rings. The van der Waals surface area contributed by atoms with E-state index in [0.29, 0.717) is 25.7 Å². The first-order chi connectivity index (χ1) is 7.36. The van der Waals surface area contributed by atoms with E-state index in [9.17, 15) is 0 Å². The van der Waals surface area contributed by atoms with E-state index in [1.165, 1.54) is 0 Å². The summed E-state index contributed by atoms with van der Waals surface area (Å²) >= 11 is 5.46. The van der Waals surface area contributed by atoms with Gasteiger partial charge in [-0.15, -0.1) is 11.6 Å². The Kier molecular flexibility index (Phi) is 5.90. The van der Waals surface area contributed by atoms with Gasteiger partial charge in [-0.1, -0.05) is 24.8 Å². The van der Waals surface area contributed by atoms with E-state index in [-0.39, 0.29) is 0 Å². The Balaban J connectivity index is 2.22. The molecule has 0 bridgehead atoms. The molecule has 0 atom stereocenters. The van der Waals surface area contributed by atoms with Crippen molar-refractivity contribution in [3.05, 3.63) is 36.4 Å². The lowest BCUT2D eigenvalue weighted by molar-refractivity contribution is 0.111. The van der Waals surface area contributed by atoms with Crippen LogP contribution in [0.3, 0.4) is 0 Å². The first kappa shape index (κ1) is 12.1. The molecule has 0 unspecified atom stereocenters. The van der Waals surface area contributed by atoms with Crippen LogP contribution in [0, 0.1) is 0 Å². The van der Waals surface area contributed by atoms with Crippen LogP contribution in [0.4, 0.5) is 0 Å². The van der Waals surface area contributed by atoms with Gasteiger partial charge in [-0.05, 0) is 17.7 Å². The van der Waals surface area contributed by atoms with E-state index in [4.69, 9.17) is 21.1 Å². The van der Waals surface area contributed by atoms with Crippen LogP contribution < -0.4 is 4.74 Å². The van der Waals surface area contributed by atoms with Crippen molar-refractivity contribution in [2.75, 3.05) is 25.7 Å². The zero-order chi connectivity index (χ0) is 10.9. The average Bonchev–Trinajstić information content (AvgIpc) is 2.30. The molecule has 0 amide bonds. The van der Waals surface area contributed by atoms with Crippen molar-refractivity contribution in [3.8, 4) is 5.75 Å². The van der Waals surface area contributed by atoms with Gasteiger partial charge in [0, 0.05) is 5.88 Å². The third-order valence-electron chi connectivity index (χ3n) is 1.83. The molecule has 1 aromatic carbocycles. The highest BCUT2D eigenvalue weighted by molar-refractivity contribution is 6.17. The Labute approximate surface area is 95.5 Å². The molecule has 0 saturated carbocycles. The lowest BCUT2D eigenvalue weighted by Gasteiger charge is -2.06. The highest BCUT2D eigenvalue weighted by atomic mass is 35.5. The molecular formula is C12H15ClO2. The molecule has 3 heteroatoms. The topological polar surface area (TPSA) is 18.5 Å². The van der Waals surface area contributed by atoms with Crippen molar-refractivity contribution >= 4 is 17.7 Å². The van der Waals surface area contributed by atoms with Gasteiger partial charge >= 0.3 is 0 Å². The van der Waals surface area contributed by atoms with Gasteiger partial charge in [0.15, 0.2) is 0 Å². The van der Waals surface area contributed by atoms with Gasteiger partial charge in [-0.3, -0.25) is 0 Å². The second-order valence-corrected chi connectivity index (χ2v) is 3.30. The van der Waals surface area contributed by atoms with E-state index in [1.54, 1.807) is 6.08 Å². The number of ether oxygens (including phenoxy) is 2. The second kappa shape index (κ2) is 7.32. The zero-order valence-electron chi connectivity index (χ0n) is 8.62. The molecule has 0 saturated heterocycles. The number of hydrogen-bond acceptors (Lipinski definition) is 2. The summed E-state index contributed by atoms with van der Waals surface area (Å²) in [4.78, 5) is 0. The van der Waals surface area contributed by atoms with E-state index in [0.717, 1.165) is 11.3 Å². The van der Waals surface area contributed by atoms with Gasteiger partial charge in [0.2, 0.25) is 0 Å². The van der Waals surface area contributed by atoms with Crippen molar-refractivity contribution in [1.29, 1.82) is 0 Å². The predicted octanol–water partition coefficient (Wildman–Crippen LogP) is 2.96. The van der Waals surface area contributed by atoms with Crippen molar-refractivity contribution in [2.24, 2.45) is 0 Å². The van der Waals surface area contributed by atoms with Crippen molar-refractivity contribution in [3.63, 3.8) is 0 Å². The lowest BCUT2D eigenvalue weighted by atomic mass is 10.2. The SMILES string of the molecule is C=Cc1ccc(OCCOCCCl)cc1. The Morgan fingerprint density at radius 3 is 2.47 bits per heavy atom. The largest absolute Gasteiger partial charge is 0.491 e. The Morgan fingerprint density at radius 1 is 1.13 bits per heavy atom. The predicted molar refractivity (Wildman–Crippen MR) is 63.6 cm³/mol. The van der Waals surface area contributed by atoms with Gasteiger partial charge < -0.3 is 9.47 Å². The van der Waals surface area contributed by atoms with Gasteiger partial charge in [0.05, 0.1) is 13.2 Å². The molecule has 0 aliphatic heterocycles. The van der Waals surface area contributed by atoms with E-state index < -0.39 is 0 Å². The fourth-order valence-electron chi connectivity index (χ4n) is 1.08. The summed E-state index contributed by atoms with van der Waals surface area (Å²) in [5.74, 6) is 1.36. The minimum atomic E-state index is 0.522. The van der Waals surface area contributed by atoms with Gasteiger partial charge in [0.25, 0.3) is 0 Å². The highest BCUT2D eigenvalue weighted by Gasteiger charge is 1.93. The monoisotopic (exact) mass is 226 g/mol. The number of hydrogen-bond donors (Lipinski definition) is 0. The Hall–Kier alpha value is -0.990. The third-order valence-corrected chi connectivity index (χ3v) is 1.99. The van der Waals surface area contributed by atoms with Gasteiger partial charge in [-0.2, -0.15) is 0 Å². The quantitative estimate of drug-likeness (QED) is 0.526. The molecule has 0 radical (unpaired) electrons. The maximum absolute atomic E-state index is 5.46. The number of alkyl halides is 1. The normalized spacial score (nSPS) is 9.93. The molecule has 82 valence electrons. The van der Waals surface area contributed by atoms with Crippen LogP contribution in [0.15, 0.2) is 30.8 Å². The van der Waals surface area contributed by atoms with Crippen LogP contribution >= 0.6 is 11.6 Å². The number of benzene rings is 1. The van der Waals surface area contributed by atoms with Crippen LogP contribution in [0.2, 0.25) is 0 Å². The third kappa shape index (κ3) is 4.86. The van der Waals surface area contributed by atoms with Crippen LogP contribution in [-0.4, -0.2) is 25.7 Å². The fourth-order valence-corrected chi connectivity index (χ4v) is 1.18. The molecule has 0 fully saturated rings. The fraction of sp³-hybridized carbons (Fsp3) is 0.333. The number of halogens is 1. The summed E-state index contributed by atoms with van der Waals surface area (Å²) in [6.07, 6.45) is 1.80. The summed E-state index contributed by atoms with van der Waals surface area (Å²) in [7, 11) is 0. The van der Waals surface area contributed by atoms with Crippen molar-refractivity contribution in [2.45, 2.75) is 0 Å². The number of rotatable bonds is 7. The standard InChI is InChI=1S/C12H15ClO2/c1-2-11-3-5-12(6-4-11)15-10-9-14-8-7-13/h2-6H,1,7-10H2. The molecule has 1 rings (SSSR count). The van der Waals surface area contributed by atoms with Crippen LogP contribution in [0.25, 0.3) is 6.08 Å². The Morgan fingerprint density at radius 2 is 1.87 bits per heavy atom. The highest BCUT2D eigenvalue weighted by Crippen LogP contribution is 2.12. The molecule has 15 heavy (non-hydrogen) atoms. The molecular weight excluding hydrogens is 212 g/mol. The van der Waals surface area contributed by atoms with Gasteiger partial charge in [0.1, 0.15) is 12.4 Å². The smallest absolute Gasteiger partial charge is 0.119 e. The first-order valence-corrected chi connectivity index (χ1v) is 5.39. The summed E-state index contributed by atoms with van der Waals surface area (Å²) in [5.41, 5.74) is 1.08. The molecule has 0 aliphatic carbocycles. The summed E-state index contributed by atoms with van der Waals surface area (Å²) in [6, 6.07) is 7.75. The molecule has 0 N–H and O–H groups in total. The molecule has 0 spiro atoms. The summed E-state index contributed by atoms with van der Waals surface area (Å²) in [5, 5.41) is 0. The molecule has 0 aromatic heterocycles. The first-order valence-electron chi connectivity index (χ1n) is 4.86. The van der Waals surface area contributed by atoms with Gasteiger partial charge in [-0.25, -0.2) is 0 Å². The van der Waals surface area contributed by atoms with Crippen molar-refractivity contribution < 1.29 is 9.47 Å². The second-order valence-electron chi connectivity index (χ2n) is 2.92. The minimum absolute atomic E-state index is 0.522. The molecule has 0 aliphatic rings. The van der Waals surface area contributed by atoms with E-state index in [1.807, 2.05) is 24.3 Å². The van der Waals surface area contributed by atoms with Crippen LogP contribution in [0.1, 0.15) is 5.56 Å². The lowest BCUT2D eigenvalue weighted by Crippen LogP contribution is -2.07. The zero-order valence-corrected chi connectivity index (χ0v) is 9.37. The van der Waals surface area contributed by atoms with E-state index >= 15 is 0 Å². The van der Waals surface area contributed by atoms with E-state index in [2.05, 4.69) is 6.58 Å².